The summed E-state index contributed by atoms with van der Waals surface area (Å²) in [5.41, 5.74) is 1.46. The molecule has 0 saturated carbocycles. The maximum atomic E-state index is 12.1. The Hall–Kier alpha value is -1.43. The van der Waals surface area contributed by atoms with Gasteiger partial charge in [0.25, 0.3) is 0 Å². The first-order valence-electron chi connectivity index (χ1n) is 7.32. The highest BCUT2D eigenvalue weighted by atomic mass is 32.2. The third-order valence-corrected chi connectivity index (χ3v) is 6.28. The lowest BCUT2D eigenvalue weighted by Gasteiger charge is -2.21. The monoisotopic (exact) mass is 307 g/mol. The maximum Gasteiger partial charge on any atom is 0.160 e. The molecule has 1 aliphatic heterocycles. The third kappa shape index (κ3) is 2.57. The van der Waals surface area contributed by atoms with Gasteiger partial charge in [0, 0.05) is 18.2 Å². The molecule has 2 aromatic heterocycles. The van der Waals surface area contributed by atoms with Gasteiger partial charge in [-0.1, -0.05) is 20.8 Å². The van der Waals surface area contributed by atoms with Gasteiger partial charge in [-0.15, -0.1) is 0 Å². The SMILES string of the molecule is CC(C)(C)c1nc2cccnc2n1CC1CCCS1(=O)=O. The Morgan fingerprint density at radius 3 is 2.76 bits per heavy atom. The Kier molecular flexibility index (Phi) is 3.31. The fourth-order valence-corrected chi connectivity index (χ4v) is 4.78. The highest BCUT2D eigenvalue weighted by Crippen LogP contribution is 2.29. The van der Waals surface area contributed by atoms with E-state index in [1.807, 2.05) is 16.7 Å². The van der Waals surface area contributed by atoms with E-state index in [0.717, 1.165) is 29.8 Å². The van der Waals surface area contributed by atoms with Crippen molar-refractivity contribution in [1.82, 2.24) is 14.5 Å². The molecule has 0 spiro atoms. The molecule has 2 aromatic rings. The predicted octanol–water partition coefficient (Wildman–Crippen LogP) is 2.31. The molecule has 21 heavy (non-hydrogen) atoms. The van der Waals surface area contributed by atoms with Crippen LogP contribution in [0.3, 0.4) is 0 Å². The number of hydrogen-bond acceptors (Lipinski definition) is 4. The average Bonchev–Trinajstić information content (AvgIpc) is 2.91. The fraction of sp³-hybridized carbons (Fsp3) is 0.600. The smallest absolute Gasteiger partial charge is 0.160 e. The summed E-state index contributed by atoms with van der Waals surface area (Å²) in [6.07, 6.45) is 3.23. The van der Waals surface area contributed by atoms with Crippen LogP contribution in [0, 0.1) is 0 Å². The number of rotatable bonds is 2. The van der Waals surface area contributed by atoms with Gasteiger partial charge in [0.2, 0.25) is 0 Å². The summed E-state index contributed by atoms with van der Waals surface area (Å²) in [6, 6.07) is 3.79. The van der Waals surface area contributed by atoms with Gasteiger partial charge in [-0.05, 0) is 25.0 Å². The minimum atomic E-state index is -2.97. The van der Waals surface area contributed by atoms with Crippen molar-refractivity contribution in [3.8, 4) is 0 Å². The zero-order valence-electron chi connectivity index (χ0n) is 12.7. The molecule has 1 aliphatic rings. The topological polar surface area (TPSA) is 64.8 Å². The molecule has 114 valence electrons. The molecular formula is C15H21N3O2S. The lowest BCUT2D eigenvalue weighted by molar-refractivity contribution is 0.490. The van der Waals surface area contributed by atoms with E-state index < -0.39 is 9.84 Å². The summed E-state index contributed by atoms with van der Waals surface area (Å²) in [7, 11) is -2.97. The summed E-state index contributed by atoms with van der Waals surface area (Å²) in [5, 5.41) is -0.307. The van der Waals surface area contributed by atoms with E-state index in [1.165, 1.54) is 0 Å². The molecule has 0 N–H and O–H groups in total. The van der Waals surface area contributed by atoms with Crippen LogP contribution in [0.5, 0.6) is 0 Å². The Bertz CT molecular complexity index is 772. The highest BCUT2D eigenvalue weighted by Gasteiger charge is 2.34. The molecule has 1 unspecified atom stereocenters. The van der Waals surface area contributed by atoms with Gasteiger partial charge in [-0.3, -0.25) is 0 Å². The molecular weight excluding hydrogens is 286 g/mol. The molecule has 0 aliphatic carbocycles. The summed E-state index contributed by atoms with van der Waals surface area (Å²) >= 11 is 0. The molecule has 5 nitrogen and oxygen atoms in total. The molecule has 1 atom stereocenters. The Morgan fingerprint density at radius 1 is 1.38 bits per heavy atom. The van der Waals surface area contributed by atoms with Crippen molar-refractivity contribution in [2.45, 2.75) is 50.8 Å². The van der Waals surface area contributed by atoms with Crippen LogP contribution in [0.2, 0.25) is 0 Å². The van der Waals surface area contributed by atoms with E-state index >= 15 is 0 Å². The largest absolute Gasteiger partial charge is 0.311 e. The predicted molar refractivity (Wildman–Crippen MR) is 83.0 cm³/mol. The van der Waals surface area contributed by atoms with Crippen LogP contribution in [-0.2, 0) is 21.8 Å². The van der Waals surface area contributed by atoms with Crippen LogP contribution in [0.15, 0.2) is 18.3 Å². The van der Waals surface area contributed by atoms with Crippen LogP contribution in [0.1, 0.15) is 39.4 Å². The lowest BCUT2D eigenvalue weighted by Crippen LogP contribution is -2.27. The van der Waals surface area contributed by atoms with E-state index in [0.29, 0.717) is 12.3 Å². The van der Waals surface area contributed by atoms with Crippen molar-refractivity contribution < 1.29 is 8.42 Å². The van der Waals surface area contributed by atoms with Crippen molar-refractivity contribution in [2.24, 2.45) is 0 Å². The summed E-state index contributed by atoms with van der Waals surface area (Å²) in [4.78, 5) is 9.09. The van der Waals surface area contributed by atoms with Gasteiger partial charge in [0.1, 0.15) is 11.3 Å². The van der Waals surface area contributed by atoms with Gasteiger partial charge in [-0.2, -0.15) is 0 Å². The van der Waals surface area contributed by atoms with Crippen molar-refractivity contribution >= 4 is 21.0 Å². The van der Waals surface area contributed by atoms with Crippen LogP contribution >= 0.6 is 0 Å². The van der Waals surface area contributed by atoms with E-state index in [1.54, 1.807) is 6.20 Å². The van der Waals surface area contributed by atoms with Gasteiger partial charge in [-0.25, -0.2) is 18.4 Å². The molecule has 3 heterocycles. The van der Waals surface area contributed by atoms with Crippen LogP contribution < -0.4 is 0 Å². The Labute approximate surface area is 125 Å². The van der Waals surface area contributed by atoms with E-state index in [4.69, 9.17) is 0 Å². The van der Waals surface area contributed by atoms with E-state index in [9.17, 15) is 8.42 Å². The number of pyridine rings is 1. The van der Waals surface area contributed by atoms with Gasteiger partial charge in [0.05, 0.1) is 11.0 Å². The number of nitrogens with zero attached hydrogens (tertiary/aromatic N) is 3. The van der Waals surface area contributed by atoms with Crippen molar-refractivity contribution in [3.05, 3.63) is 24.2 Å². The quantitative estimate of drug-likeness (QED) is 0.854. The zero-order chi connectivity index (χ0) is 15.3. The number of sulfone groups is 1. The molecule has 1 saturated heterocycles. The third-order valence-electron chi connectivity index (χ3n) is 4.02. The molecule has 0 aromatic carbocycles. The molecule has 6 heteroatoms. The Balaban J connectivity index is 2.12. The van der Waals surface area contributed by atoms with Crippen LogP contribution in [-0.4, -0.2) is 34.0 Å². The first kappa shape index (κ1) is 14.5. The second-order valence-electron chi connectivity index (χ2n) is 6.77. The minimum absolute atomic E-state index is 0.150. The number of hydrogen-bond donors (Lipinski definition) is 0. The summed E-state index contributed by atoms with van der Waals surface area (Å²) < 4.78 is 26.3. The van der Waals surface area contributed by atoms with Gasteiger partial charge in [0.15, 0.2) is 15.5 Å². The molecule has 1 fully saturated rings. The fourth-order valence-electron chi connectivity index (χ4n) is 2.97. The first-order valence-corrected chi connectivity index (χ1v) is 9.04. The second kappa shape index (κ2) is 4.80. The van der Waals surface area contributed by atoms with Crippen molar-refractivity contribution in [1.29, 1.82) is 0 Å². The first-order chi connectivity index (χ1) is 9.79. The summed E-state index contributed by atoms with van der Waals surface area (Å²) in [5.74, 6) is 1.21. The molecule has 0 amide bonds. The summed E-state index contributed by atoms with van der Waals surface area (Å²) in [6.45, 7) is 6.73. The number of fused-ring (bicyclic) bond motifs is 1. The van der Waals surface area contributed by atoms with E-state index in [2.05, 4.69) is 30.7 Å². The normalized spacial score (nSPS) is 22.0. The highest BCUT2D eigenvalue weighted by molar-refractivity contribution is 7.92. The van der Waals surface area contributed by atoms with E-state index in [-0.39, 0.29) is 10.7 Å². The van der Waals surface area contributed by atoms with Gasteiger partial charge < -0.3 is 4.57 Å². The van der Waals surface area contributed by atoms with Crippen molar-refractivity contribution in [2.75, 3.05) is 5.75 Å². The zero-order valence-corrected chi connectivity index (χ0v) is 13.5. The second-order valence-corrected chi connectivity index (χ2v) is 9.17. The van der Waals surface area contributed by atoms with Crippen LogP contribution in [0.25, 0.3) is 11.2 Å². The maximum absolute atomic E-state index is 12.1. The average molecular weight is 307 g/mol. The molecule has 0 radical (unpaired) electrons. The minimum Gasteiger partial charge on any atom is -0.311 e. The molecule has 3 rings (SSSR count). The van der Waals surface area contributed by atoms with Gasteiger partial charge >= 0.3 is 0 Å². The van der Waals surface area contributed by atoms with Crippen molar-refractivity contribution in [3.63, 3.8) is 0 Å². The number of imidazole rings is 1. The standard InChI is InChI=1S/C15H21N3O2S/c1-15(2,3)14-17-12-7-4-8-16-13(12)18(14)10-11-6-5-9-21(11,19)20/h4,7-8,11H,5-6,9-10H2,1-3H3. The van der Waals surface area contributed by atoms with Crippen LogP contribution in [0.4, 0.5) is 0 Å². The number of aromatic nitrogens is 3. The Morgan fingerprint density at radius 2 is 2.14 bits per heavy atom. The molecule has 0 bridgehead atoms. The lowest BCUT2D eigenvalue weighted by atomic mass is 9.95.